The standard InChI is InChI=1S/C23H31N3O2S.HI/c1-17-4-7-20(22(12-17)28-16-19-10-11-27-15-19)14-26-23(24-2)25-13-18-5-8-21(29-3)9-6-18;/h4-9,12,19H,10-11,13-16H2,1-3H3,(H2,24,25,26);1H. The van der Waals surface area contributed by atoms with Gasteiger partial charge < -0.3 is 20.1 Å². The van der Waals surface area contributed by atoms with Gasteiger partial charge in [-0.1, -0.05) is 24.3 Å². The molecule has 2 N–H and O–H groups in total. The molecule has 164 valence electrons. The summed E-state index contributed by atoms with van der Waals surface area (Å²) in [5.41, 5.74) is 3.55. The monoisotopic (exact) mass is 541 g/mol. The van der Waals surface area contributed by atoms with Crippen LogP contribution < -0.4 is 15.4 Å². The number of nitrogens with one attached hydrogen (secondary N) is 2. The zero-order valence-corrected chi connectivity index (χ0v) is 21.1. The highest BCUT2D eigenvalue weighted by atomic mass is 127. The molecule has 1 atom stereocenters. The van der Waals surface area contributed by atoms with Gasteiger partial charge in [-0.15, -0.1) is 35.7 Å². The van der Waals surface area contributed by atoms with E-state index in [9.17, 15) is 0 Å². The van der Waals surface area contributed by atoms with Crippen molar-refractivity contribution in [2.75, 3.05) is 33.1 Å². The summed E-state index contributed by atoms with van der Waals surface area (Å²) >= 11 is 1.75. The van der Waals surface area contributed by atoms with Crippen LogP contribution in [0.2, 0.25) is 0 Å². The Bertz CT molecular complexity index is 809. The van der Waals surface area contributed by atoms with Crippen LogP contribution in [0.4, 0.5) is 0 Å². The molecule has 3 rings (SSSR count). The Hall–Kier alpha value is -1.45. The summed E-state index contributed by atoms with van der Waals surface area (Å²) in [5, 5.41) is 6.77. The maximum absolute atomic E-state index is 6.14. The lowest BCUT2D eigenvalue weighted by molar-refractivity contribution is 0.166. The van der Waals surface area contributed by atoms with Gasteiger partial charge in [-0.05, 0) is 48.9 Å². The largest absolute Gasteiger partial charge is 0.493 e. The number of hydrogen-bond acceptors (Lipinski definition) is 4. The summed E-state index contributed by atoms with van der Waals surface area (Å²) in [6.07, 6.45) is 3.16. The third-order valence-corrected chi connectivity index (χ3v) is 5.75. The zero-order valence-electron chi connectivity index (χ0n) is 17.9. The van der Waals surface area contributed by atoms with E-state index in [0.717, 1.165) is 43.5 Å². The molecule has 2 aromatic rings. The minimum Gasteiger partial charge on any atom is -0.493 e. The highest BCUT2D eigenvalue weighted by Crippen LogP contribution is 2.22. The van der Waals surface area contributed by atoms with E-state index < -0.39 is 0 Å². The van der Waals surface area contributed by atoms with Crippen LogP contribution in [0.1, 0.15) is 23.1 Å². The fourth-order valence-electron chi connectivity index (χ4n) is 3.19. The van der Waals surface area contributed by atoms with Crippen LogP contribution in [0.25, 0.3) is 0 Å². The Kier molecular flexibility index (Phi) is 10.8. The lowest BCUT2D eigenvalue weighted by Gasteiger charge is -2.17. The molecule has 0 amide bonds. The number of halogens is 1. The summed E-state index contributed by atoms with van der Waals surface area (Å²) in [6, 6.07) is 14.9. The van der Waals surface area contributed by atoms with E-state index >= 15 is 0 Å². The lowest BCUT2D eigenvalue weighted by atomic mass is 10.1. The molecule has 0 aliphatic carbocycles. The Morgan fingerprint density at radius 3 is 2.60 bits per heavy atom. The molecule has 30 heavy (non-hydrogen) atoms. The lowest BCUT2D eigenvalue weighted by Crippen LogP contribution is -2.36. The number of rotatable bonds is 8. The van der Waals surface area contributed by atoms with Gasteiger partial charge in [-0.2, -0.15) is 0 Å². The first-order chi connectivity index (χ1) is 14.2. The van der Waals surface area contributed by atoms with E-state index in [2.05, 4.69) is 71.3 Å². The Morgan fingerprint density at radius 1 is 1.17 bits per heavy atom. The van der Waals surface area contributed by atoms with Gasteiger partial charge in [0, 0.05) is 43.1 Å². The maximum atomic E-state index is 6.14. The molecule has 1 fully saturated rings. The van der Waals surface area contributed by atoms with Crippen LogP contribution >= 0.6 is 35.7 Å². The number of benzene rings is 2. The number of aliphatic imine (C=N–C) groups is 1. The molecule has 0 radical (unpaired) electrons. The minimum absolute atomic E-state index is 0. The van der Waals surface area contributed by atoms with Gasteiger partial charge in [0.15, 0.2) is 5.96 Å². The van der Waals surface area contributed by atoms with Crippen LogP contribution in [0.5, 0.6) is 5.75 Å². The van der Waals surface area contributed by atoms with Crippen molar-refractivity contribution < 1.29 is 9.47 Å². The first-order valence-electron chi connectivity index (χ1n) is 10.1. The van der Waals surface area contributed by atoms with E-state index in [0.29, 0.717) is 19.1 Å². The van der Waals surface area contributed by atoms with E-state index in [1.807, 2.05) is 0 Å². The molecule has 1 aliphatic heterocycles. The molecule has 7 heteroatoms. The number of aryl methyl sites for hydroxylation is 1. The van der Waals surface area contributed by atoms with Crippen molar-refractivity contribution in [2.45, 2.75) is 31.3 Å². The minimum atomic E-state index is 0. The van der Waals surface area contributed by atoms with Crippen LogP contribution in [0, 0.1) is 12.8 Å². The van der Waals surface area contributed by atoms with Crippen LogP contribution in [0.3, 0.4) is 0 Å². The fourth-order valence-corrected chi connectivity index (χ4v) is 3.60. The van der Waals surface area contributed by atoms with E-state index in [1.54, 1.807) is 18.8 Å². The number of thioether (sulfide) groups is 1. The second kappa shape index (κ2) is 13.1. The van der Waals surface area contributed by atoms with Gasteiger partial charge in [0.2, 0.25) is 0 Å². The van der Waals surface area contributed by atoms with Crippen LogP contribution in [-0.4, -0.2) is 39.1 Å². The molecule has 5 nitrogen and oxygen atoms in total. The first-order valence-corrected chi connectivity index (χ1v) is 11.3. The third kappa shape index (κ3) is 7.67. The molecule has 1 aliphatic rings. The normalized spacial score (nSPS) is 16.1. The van der Waals surface area contributed by atoms with E-state index in [-0.39, 0.29) is 24.0 Å². The van der Waals surface area contributed by atoms with Crippen molar-refractivity contribution >= 4 is 41.7 Å². The molecule has 0 saturated carbocycles. The maximum Gasteiger partial charge on any atom is 0.191 e. The van der Waals surface area contributed by atoms with Crippen molar-refractivity contribution in [1.82, 2.24) is 10.6 Å². The second-order valence-electron chi connectivity index (χ2n) is 7.28. The second-order valence-corrected chi connectivity index (χ2v) is 8.16. The molecule has 1 saturated heterocycles. The number of hydrogen-bond donors (Lipinski definition) is 2. The predicted molar refractivity (Wildman–Crippen MR) is 136 cm³/mol. The predicted octanol–water partition coefficient (Wildman–Crippen LogP) is 4.62. The molecule has 0 bridgehead atoms. The summed E-state index contributed by atoms with van der Waals surface area (Å²) in [6.45, 7) is 5.82. The van der Waals surface area contributed by atoms with Crippen molar-refractivity contribution in [3.63, 3.8) is 0 Å². The highest BCUT2D eigenvalue weighted by molar-refractivity contribution is 14.0. The van der Waals surface area contributed by atoms with Crippen molar-refractivity contribution in [3.8, 4) is 5.75 Å². The molecular formula is C23H32IN3O2S. The zero-order chi connectivity index (χ0) is 20.5. The Labute approximate surface area is 201 Å². The van der Waals surface area contributed by atoms with Gasteiger partial charge in [0.1, 0.15) is 5.75 Å². The average Bonchev–Trinajstić information content (AvgIpc) is 3.27. The SMILES string of the molecule is CN=C(NCc1ccc(SC)cc1)NCc1ccc(C)cc1OCC1CCOC1.I. The highest BCUT2D eigenvalue weighted by Gasteiger charge is 2.17. The van der Waals surface area contributed by atoms with Crippen molar-refractivity contribution in [1.29, 1.82) is 0 Å². The van der Waals surface area contributed by atoms with Gasteiger partial charge in [-0.25, -0.2) is 0 Å². The molecule has 0 spiro atoms. The fraction of sp³-hybridized carbons (Fsp3) is 0.435. The summed E-state index contributed by atoms with van der Waals surface area (Å²) in [7, 11) is 1.79. The molecular weight excluding hydrogens is 509 g/mol. The first kappa shape index (κ1) is 24.8. The van der Waals surface area contributed by atoms with Gasteiger partial charge in [0.05, 0.1) is 13.2 Å². The summed E-state index contributed by atoms with van der Waals surface area (Å²) < 4.78 is 11.6. The molecule has 1 heterocycles. The number of ether oxygens (including phenoxy) is 2. The summed E-state index contributed by atoms with van der Waals surface area (Å²) in [5.74, 6) is 2.20. The number of guanidine groups is 1. The van der Waals surface area contributed by atoms with Crippen LogP contribution in [-0.2, 0) is 17.8 Å². The third-order valence-electron chi connectivity index (χ3n) is 5.01. The van der Waals surface area contributed by atoms with Gasteiger partial charge >= 0.3 is 0 Å². The van der Waals surface area contributed by atoms with E-state index in [1.165, 1.54) is 16.0 Å². The quantitative estimate of drug-likeness (QED) is 0.221. The van der Waals surface area contributed by atoms with Crippen molar-refractivity contribution in [2.24, 2.45) is 10.9 Å². The average molecular weight is 541 g/mol. The molecule has 1 unspecified atom stereocenters. The topological polar surface area (TPSA) is 54.9 Å². The smallest absolute Gasteiger partial charge is 0.191 e. The van der Waals surface area contributed by atoms with Gasteiger partial charge in [0.25, 0.3) is 0 Å². The van der Waals surface area contributed by atoms with E-state index in [4.69, 9.17) is 9.47 Å². The number of nitrogens with zero attached hydrogens (tertiary/aromatic N) is 1. The van der Waals surface area contributed by atoms with Crippen molar-refractivity contribution in [3.05, 3.63) is 59.2 Å². The van der Waals surface area contributed by atoms with Gasteiger partial charge in [-0.3, -0.25) is 4.99 Å². The molecule has 0 aromatic heterocycles. The summed E-state index contributed by atoms with van der Waals surface area (Å²) in [4.78, 5) is 5.61. The molecule has 2 aromatic carbocycles. The van der Waals surface area contributed by atoms with Crippen LogP contribution in [0.15, 0.2) is 52.4 Å². The Morgan fingerprint density at radius 2 is 1.93 bits per heavy atom. The Balaban J connectivity index is 0.00000320.